The lowest BCUT2D eigenvalue weighted by Gasteiger charge is -2.04. The fraction of sp³-hybridized carbons (Fsp3) is 0.111. The Balaban J connectivity index is 2.20. The van der Waals surface area contributed by atoms with Gasteiger partial charge in [0.05, 0.1) is 10.7 Å². The number of benzene rings is 1. The number of aromatic nitrogens is 2. The summed E-state index contributed by atoms with van der Waals surface area (Å²) in [6, 6.07) is 5.20. The average Bonchev–Trinajstić information content (AvgIpc) is 2.70. The number of halogens is 2. The third kappa shape index (κ3) is 2.62. The quantitative estimate of drug-likeness (QED) is 0.903. The van der Waals surface area contributed by atoms with Gasteiger partial charge in [0.1, 0.15) is 5.01 Å². The molecule has 0 atom stereocenters. The maximum Gasteiger partial charge on any atom is 0.210 e. The lowest BCUT2D eigenvalue weighted by Crippen LogP contribution is -1.94. The lowest BCUT2D eigenvalue weighted by atomic mass is 10.3. The monoisotopic (exact) mass is 274 g/mol. The number of nitrogens with zero attached hydrogens (tertiary/aromatic N) is 2. The van der Waals surface area contributed by atoms with E-state index in [1.165, 1.54) is 11.3 Å². The van der Waals surface area contributed by atoms with Gasteiger partial charge in [-0.05, 0) is 18.2 Å². The van der Waals surface area contributed by atoms with Crippen LogP contribution in [0.25, 0.3) is 0 Å². The van der Waals surface area contributed by atoms with Crippen molar-refractivity contribution in [1.29, 1.82) is 0 Å². The number of hydrogen-bond donors (Lipinski definition) is 2. The molecule has 16 heavy (non-hydrogen) atoms. The third-order valence-corrected chi connectivity index (χ3v) is 3.22. The van der Waals surface area contributed by atoms with E-state index >= 15 is 0 Å². The molecule has 0 aliphatic rings. The van der Waals surface area contributed by atoms with Crippen molar-refractivity contribution in [2.75, 3.05) is 5.32 Å². The molecule has 1 aromatic carbocycles. The van der Waals surface area contributed by atoms with E-state index < -0.39 is 0 Å². The highest BCUT2D eigenvalue weighted by Crippen LogP contribution is 2.29. The minimum atomic E-state index is 0.383. The topological polar surface area (TPSA) is 63.8 Å². The molecule has 2 rings (SSSR count). The maximum atomic E-state index is 6.00. The van der Waals surface area contributed by atoms with Crippen LogP contribution >= 0.6 is 34.5 Å². The van der Waals surface area contributed by atoms with Gasteiger partial charge in [0.15, 0.2) is 0 Å². The molecule has 1 aromatic heterocycles. The van der Waals surface area contributed by atoms with Crippen LogP contribution in [0.1, 0.15) is 5.01 Å². The van der Waals surface area contributed by atoms with Gasteiger partial charge in [-0.1, -0.05) is 34.5 Å². The van der Waals surface area contributed by atoms with Crippen molar-refractivity contribution < 1.29 is 0 Å². The minimum Gasteiger partial charge on any atom is -0.329 e. The molecule has 7 heteroatoms. The van der Waals surface area contributed by atoms with Gasteiger partial charge >= 0.3 is 0 Å². The van der Waals surface area contributed by atoms with E-state index in [-0.39, 0.29) is 0 Å². The van der Waals surface area contributed by atoms with E-state index in [1.807, 2.05) is 0 Å². The molecule has 0 saturated heterocycles. The molecule has 1 heterocycles. The Morgan fingerprint density at radius 2 is 2.12 bits per heavy atom. The number of hydrogen-bond acceptors (Lipinski definition) is 5. The van der Waals surface area contributed by atoms with Crippen molar-refractivity contribution in [3.63, 3.8) is 0 Å². The molecular formula is C9H8Cl2N4S. The predicted octanol–water partition coefficient (Wildman–Crippen LogP) is 3.05. The van der Waals surface area contributed by atoms with Crippen LogP contribution in [-0.2, 0) is 6.54 Å². The first-order valence-corrected chi connectivity index (χ1v) is 6.01. The number of nitrogens with one attached hydrogen (secondary N) is 1. The van der Waals surface area contributed by atoms with E-state index in [1.54, 1.807) is 18.2 Å². The zero-order chi connectivity index (χ0) is 11.5. The fourth-order valence-electron chi connectivity index (χ4n) is 1.09. The summed E-state index contributed by atoms with van der Waals surface area (Å²) in [6.07, 6.45) is 0. The average molecular weight is 275 g/mol. The molecule has 0 spiro atoms. The molecular weight excluding hydrogens is 267 g/mol. The van der Waals surface area contributed by atoms with E-state index in [0.29, 0.717) is 21.7 Å². The van der Waals surface area contributed by atoms with Gasteiger partial charge in [-0.25, -0.2) is 0 Å². The van der Waals surface area contributed by atoms with E-state index in [9.17, 15) is 0 Å². The highest BCUT2D eigenvalue weighted by molar-refractivity contribution is 7.15. The van der Waals surface area contributed by atoms with Crippen molar-refractivity contribution in [3.8, 4) is 0 Å². The Morgan fingerprint density at radius 3 is 2.75 bits per heavy atom. The Morgan fingerprint density at radius 1 is 1.31 bits per heavy atom. The normalized spacial score (nSPS) is 10.4. The first-order valence-electron chi connectivity index (χ1n) is 4.43. The van der Waals surface area contributed by atoms with Crippen LogP contribution in [0.4, 0.5) is 10.8 Å². The summed E-state index contributed by atoms with van der Waals surface area (Å²) in [5.41, 5.74) is 6.18. The Kier molecular flexibility index (Phi) is 3.60. The van der Waals surface area contributed by atoms with Crippen LogP contribution in [0.3, 0.4) is 0 Å². The summed E-state index contributed by atoms with van der Waals surface area (Å²) in [7, 11) is 0. The largest absolute Gasteiger partial charge is 0.329 e. The molecule has 4 nitrogen and oxygen atoms in total. The van der Waals surface area contributed by atoms with Crippen LogP contribution < -0.4 is 11.1 Å². The summed E-state index contributed by atoms with van der Waals surface area (Å²) in [5.74, 6) is 0. The van der Waals surface area contributed by atoms with E-state index in [0.717, 1.165) is 10.7 Å². The summed E-state index contributed by atoms with van der Waals surface area (Å²) < 4.78 is 0. The van der Waals surface area contributed by atoms with Gasteiger partial charge in [-0.3, -0.25) is 0 Å². The van der Waals surface area contributed by atoms with Crippen molar-refractivity contribution >= 4 is 45.4 Å². The molecule has 0 fully saturated rings. The van der Waals surface area contributed by atoms with Gasteiger partial charge in [-0.2, -0.15) is 0 Å². The molecule has 0 radical (unpaired) electrons. The molecule has 84 valence electrons. The Hall–Kier alpha value is -0.880. The first-order chi connectivity index (χ1) is 7.69. The Bertz CT molecular complexity index is 500. The second-order valence-electron chi connectivity index (χ2n) is 2.95. The van der Waals surface area contributed by atoms with Gasteiger partial charge in [-0.15, -0.1) is 10.2 Å². The smallest absolute Gasteiger partial charge is 0.210 e. The second-order valence-corrected chi connectivity index (χ2v) is 4.86. The number of anilines is 2. The standard InChI is InChI=1S/C9H8Cl2N4S/c10-5-1-2-7(6(11)3-5)13-9-15-14-8(4-12)16-9/h1-3H,4,12H2,(H,13,15). The van der Waals surface area contributed by atoms with Crippen molar-refractivity contribution in [1.82, 2.24) is 10.2 Å². The number of rotatable bonds is 3. The Labute approximate surface area is 106 Å². The lowest BCUT2D eigenvalue weighted by molar-refractivity contribution is 0.960. The second kappa shape index (κ2) is 4.97. The van der Waals surface area contributed by atoms with Crippen LogP contribution in [0.2, 0.25) is 10.0 Å². The molecule has 2 aromatic rings. The molecule has 0 unspecified atom stereocenters. The third-order valence-electron chi connectivity index (χ3n) is 1.81. The molecule has 0 aliphatic carbocycles. The highest BCUT2D eigenvalue weighted by Gasteiger charge is 2.05. The van der Waals surface area contributed by atoms with Crippen LogP contribution in [0.15, 0.2) is 18.2 Å². The summed E-state index contributed by atoms with van der Waals surface area (Å²) >= 11 is 13.2. The highest BCUT2D eigenvalue weighted by atomic mass is 35.5. The summed E-state index contributed by atoms with van der Waals surface area (Å²) in [5, 5.41) is 13.4. The van der Waals surface area contributed by atoms with Crippen LogP contribution in [0.5, 0.6) is 0 Å². The minimum absolute atomic E-state index is 0.383. The van der Waals surface area contributed by atoms with Crippen molar-refractivity contribution in [3.05, 3.63) is 33.3 Å². The van der Waals surface area contributed by atoms with Gasteiger partial charge < -0.3 is 11.1 Å². The molecule has 3 N–H and O–H groups in total. The summed E-state index contributed by atoms with van der Waals surface area (Å²) in [6.45, 7) is 0.383. The summed E-state index contributed by atoms with van der Waals surface area (Å²) in [4.78, 5) is 0. The fourth-order valence-corrected chi connectivity index (χ4v) is 2.18. The first kappa shape index (κ1) is 11.6. The van der Waals surface area contributed by atoms with Crippen LogP contribution in [0, 0.1) is 0 Å². The molecule has 0 aliphatic heterocycles. The van der Waals surface area contributed by atoms with Crippen molar-refractivity contribution in [2.45, 2.75) is 6.54 Å². The SMILES string of the molecule is NCc1nnc(Nc2ccc(Cl)cc2Cl)s1. The van der Waals surface area contributed by atoms with E-state index in [4.69, 9.17) is 28.9 Å². The zero-order valence-electron chi connectivity index (χ0n) is 8.08. The molecule has 0 saturated carbocycles. The van der Waals surface area contributed by atoms with Gasteiger partial charge in [0.25, 0.3) is 0 Å². The van der Waals surface area contributed by atoms with Gasteiger partial charge in [0.2, 0.25) is 5.13 Å². The zero-order valence-corrected chi connectivity index (χ0v) is 10.4. The van der Waals surface area contributed by atoms with Crippen molar-refractivity contribution in [2.24, 2.45) is 5.73 Å². The maximum absolute atomic E-state index is 6.00. The molecule has 0 amide bonds. The van der Waals surface area contributed by atoms with Crippen LogP contribution in [-0.4, -0.2) is 10.2 Å². The van der Waals surface area contributed by atoms with E-state index in [2.05, 4.69) is 15.5 Å². The number of nitrogens with two attached hydrogens (primary N) is 1. The predicted molar refractivity (Wildman–Crippen MR) is 67.5 cm³/mol. The molecule has 0 bridgehead atoms. The van der Waals surface area contributed by atoms with Gasteiger partial charge in [0, 0.05) is 11.6 Å².